The van der Waals surface area contributed by atoms with Crippen LogP contribution in [0.15, 0.2) is 0 Å². The summed E-state index contributed by atoms with van der Waals surface area (Å²) in [6.07, 6.45) is 6.66. The van der Waals surface area contributed by atoms with Crippen LogP contribution >= 0.6 is 0 Å². The van der Waals surface area contributed by atoms with Crippen molar-refractivity contribution in [1.29, 1.82) is 0 Å². The molecule has 28 heavy (non-hydrogen) atoms. The molecule has 4 aliphatic carbocycles. The molecule has 0 aromatic heterocycles. The minimum Gasteiger partial charge on any atom is -0.665 e. The van der Waals surface area contributed by atoms with Gasteiger partial charge in [-0.3, -0.25) is 9.59 Å². The number of aliphatic hydroxyl groups excluding tert-OH is 1. The number of halogens is 1. The van der Waals surface area contributed by atoms with Gasteiger partial charge in [-0.15, -0.1) is 0 Å². The van der Waals surface area contributed by atoms with Crippen molar-refractivity contribution in [2.45, 2.75) is 71.9 Å². The molecule has 0 spiro atoms. The van der Waals surface area contributed by atoms with Crippen LogP contribution in [0, 0.1) is 46.8 Å². The van der Waals surface area contributed by atoms with Crippen LogP contribution in [0.2, 0.25) is 0 Å². The van der Waals surface area contributed by atoms with Crippen molar-refractivity contribution in [3.05, 3.63) is 6.42 Å². The molecular weight excluding hydrogens is 436 g/mol. The average molecular weight is 467 g/mol. The van der Waals surface area contributed by atoms with Gasteiger partial charge in [-0.2, -0.15) is 12.8 Å². The Labute approximate surface area is 192 Å². The molecule has 4 aliphatic rings. The molecule has 0 heterocycles. The predicted molar refractivity (Wildman–Crippen MR) is 99.2 cm³/mol. The Morgan fingerprint density at radius 2 is 1.64 bits per heavy atom. The Morgan fingerprint density at radius 3 is 2.25 bits per heavy atom. The van der Waals surface area contributed by atoms with E-state index in [-0.39, 0.29) is 73.5 Å². The molecule has 1 radical (unpaired) electrons. The minimum absolute atomic E-state index is 0. The Bertz CT molecular complexity index is 626. The van der Waals surface area contributed by atoms with Gasteiger partial charge in [0, 0.05) is 51.5 Å². The smallest absolute Gasteiger partial charge is 0.167 e. The first-order valence-electron chi connectivity index (χ1n) is 10.2. The van der Waals surface area contributed by atoms with E-state index in [2.05, 4.69) is 27.2 Å². The van der Waals surface area contributed by atoms with Crippen molar-refractivity contribution >= 4 is 18.0 Å². The molecule has 0 aromatic rings. The van der Waals surface area contributed by atoms with Crippen molar-refractivity contribution in [2.75, 3.05) is 0 Å². The summed E-state index contributed by atoms with van der Waals surface area (Å²) in [5.74, 6) is 1.64. The van der Waals surface area contributed by atoms with E-state index in [9.17, 15) is 14.0 Å². The third kappa shape index (κ3) is 3.68. The van der Waals surface area contributed by atoms with E-state index in [1.165, 1.54) is 6.42 Å². The van der Waals surface area contributed by atoms with Crippen molar-refractivity contribution < 1.29 is 56.6 Å². The summed E-state index contributed by atoms with van der Waals surface area (Å²) >= 11 is 0. The van der Waals surface area contributed by atoms with Gasteiger partial charge in [-0.1, -0.05) is 38.6 Å². The molecule has 8 atom stereocenters. The van der Waals surface area contributed by atoms with Gasteiger partial charge < -0.3 is 16.3 Å². The van der Waals surface area contributed by atoms with Crippen molar-refractivity contribution in [3.63, 3.8) is 0 Å². The van der Waals surface area contributed by atoms with E-state index < -0.39 is 6.17 Å². The summed E-state index contributed by atoms with van der Waals surface area (Å²) < 4.78 is 14.3. The Hall–Kier alpha value is -0.156. The third-order valence-electron chi connectivity index (χ3n) is 8.76. The molecule has 155 valence electrons. The van der Waals surface area contributed by atoms with Crippen LogP contribution in [-0.4, -0.2) is 29.3 Å². The molecule has 0 amide bonds. The number of alkyl halides is 1. The Morgan fingerprint density at radius 1 is 1.07 bits per heavy atom. The van der Waals surface area contributed by atoms with Gasteiger partial charge in [-0.25, -0.2) is 4.39 Å². The molecule has 4 rings (SSSR count). The number of fused-ring (bicyclic) bond motifs is 5. The molecular formula is C22H31FO4Y-2. The summed E-state index contributed by atoms with van der Waals surface area (Å²) in [5, 5.41) is 6.76. The van der Waals surface area contributed by atoms with Crippen molar-refractivity contribution in [2.24, 2.45) is 40.4 Å². The number of hydrogen-bond donors (Lipinski definition) is 1. The number of ketones is 2. The fourth-order valence-corrected chi connectivity index (χ4v) is 7.33. The topological polar surface area (TPSA) is 71.4 Å². The summed E-state index contributed by atoms with van der Waals surface area (Å²) in [6.45, 7) is 7.22. The first-order valence-corrected chi connectivity index (χ1v) is 10.2. The van der Waals surface area contributed by atoms with Crippen LogP contribution in [0.1, 0.15) is 65.7 Å². The van der Waals surface area contributed by atoms with Crippen LogP contribution in [0.4, 0.5) is 4.39 Å². The number of rotatable bonds is 1. The molecule has 6 heteroatoms. The molecule has 0 bridgehead atoms. The second-order valence-corrected chi connectivity index (χ2v) is 9.61. The molecule has 5 unspecified atom stereocenters. The van der Waals surface area contributed by atoms with Crippen molar-refractivity contribution in [1.82, 2.24) is 0 Å². The third-order valence-corrected chi connectivity index (χ3v) is 8.76. The second-order valence-electron chi connectivity index (χ2n) is 9.61. The van der Waals surface area contributed by atoms with Gasteiger partial charge in [0.25, 0.3) is 0 Å². The van der Waals surface area contributed by atoms with E-state index in [0.717, 1.165) is 19.3 Å². The van der Waals surface area contributed by atoms with Crippen LogP contribution in [0.25, 0.3) is 0 Å². The van der Waals surface area contributed by atoms with Gasteiger partial charge in [0.1, 0.15) is 5.78 Å². The molecule has 4 saturated carbocycles. The first kappa shape index (κ1) is 24.1. The maximum Gasteiger partial charge on any atom is 0.167 e. The standard InChI is InChI=1S/C21H30FO2.CHO2.Y/c1-4-12-5-6-14-19-15(7-8-20(12,14)2)21(3)11-16(22)17(23)9-13(21)10-18(19)24;2-1-3;/h4,12-16,19H,5-11H2,1-3H3;(H,2,3);/q2*-1;/t12-,13?,14?,15?,16-,19?,20+,21?;;/m0../s1. The van der Waals surface area contributed by atoms with Crippen LogP contribution in [0.5, 0.6) is 0 Å². The largest absolute Gasteiger partial charge is 0.665 e. The number of carbonyl (C=O) groups is 2. The fraction of sp³-hybridized carbons (Fsp3) is 0.818. The predicted octanol–water partition coefficient (Wildman–Crippen LogP) is 4.17. The minimum atomic E-state index is -1.31. The fourth-order valence-electron chi connectivity index (χ4n) is 7.33. The van der Waals surface area contributed by atoms with Gasteiger partial charge in [-0.05, 0) is 42.4 Å². The maximum atomic E-state index is 14.3. The quantitative estimate of drug-likeness (QED) is 0.588. The van der Waals surface area contributed by atoms with E-state index >= 15 is 0 Å². The number of carbonyl (C=O) groups excluding carboxylic acids is 2. The summed E-state index contributed by atoms with van der Waals surface area (Å²) in [6, 6.07) is 0. The SMILES string of the molecule is C[CH-][C@H]1CCC2C3C(=O)CC4CC(=O)[C@@H](F)CC4(C)C3CC[C@@]21C.O=[C-]O.[Y]. The zero-order valence-corrected chi connectivity index (χ0v) is 20.0. The Balaban J connectivity index is 0.000000660. The van der Waals surface area contributed by atoms with Crippen LogP contribution in [0.3, 0.4) is 0 Å². The maximum absolute atomic E-state index is 14.3. The van der Waals surface area contributed by atoms with Crippen LogP contribution < -0.4 is 0 Å². The summed E-state index contributed by atoms with van der Waals surface area (Å²) in [4.78, 5) is 33.2. The molecule has 4 fully saturated rings. The van der Waals surface area contributed by atoms with Gasteiger partial charge in [0.2, 0.25) is 0 Å². The molecule has 4 nitrogen and oxygen atoms in total. The number of hydrogen-bond acceptors (Lipinski definition) is 3. The Kier molecular flexibility index (Phi) is 7.68. The monoisotopic (exact) mass is 467 g/mol. The van der Waals surface area contributed by atoms with E-state index in [4.69, 9.17) is 9.90 Å². The molecule has 0 aromatic carbocycles. The first-order chi connectivity index (χ1) is 12.7. The summed E-state index contributed by atoms with van der Waals surface area (Å²) in [7, 11) is 0. The van der Waals surface area contributed by atoms with Crippen LogP contribution in [-0.2, 0) is 47.1 Å². The normalized spacial score (nSPS) is 46.9. The average Bonchev–Trinajstić information content (AvgIpc) is 2.95. The second kappa shape index (κ2) is 8.92. The van der Waals surface area contributed by atoms with Gasteiger partial charge >= 0.3 is 0 Å². The van der Waals surface area contributed by atoms with Gasteiger partial charge in [0.05, 0.1) is 0 Å². The molecule has 0 aliphatic heterocycles. The molecule has 0 saturated heterocycles. The van der Waals surface area contributed by atoms with Crippen molar-refractivity contribution in [3.8, 4) is 0 Å². The zero-order valence-electron chi connectivity index (χ0n) is 17.1. The summed E-state index contributed by atoms with van der Waals surface area (Å²) in [5.41, 5.74) is 0.0790. The number of Topliss-reactive ketones (excluding diaryl/α,β-unsaturated/α-hetero) is 2. The van der Waals surface area contributed by atoms with E-state index in [0.29, 0.717) is 36.9 Å². The zero-order chi connectivity index (χ0) is 20.0. The van der Waals surface area contributed by atoms with E-state index in [1.54, 1.807) is 0 Å². The molecule has 1 N–H and O–H groups in total. The van der Waals surface area contributed by atoms with Gasteiger partial charge in [0.15, 0.2) is 12.0 Å². The van der Waals surface area contributed by atoms with E-state index in [1.807, 2.05) is 0 Å².